The molecule has 1 N–H and O–H groups in total. The Kier molecular flexibility index (Phi) is 5.08. The molecule has 1 aromatic rings. The molecule has 0 aromatic heterocycles. The van der Waals surface area contributed by atoms with Crippen LogP contribution in [-0.4, -0.2) is 26.3 Å². The van der Waals surface area contributed by atoms with Crippen LogP contribution in [-0.2, 0) is 0 Å². The summed E-state index contributed by atoms with van der Waals surface area (Å²) in [6.07, 6.45) is 1.24. The van der Waals surface area contributed by atoms with Gasteiger partial charge in [-0.3, -0.25) is 0 Å². The summed E-state index contributed by atoms with van der Waals surface area (Å²) in [6, 6.07) is 6.38. The molecule has 2 unspecified atom stereocenters. The predicted molar refractivity (Wildman–Crippen MR) is 78.2 cm³/mol. The Morgan fingerprint density at radius 1 is 1.16 bits per heavy atom. The summed E-state index contributed by atoms with van der Waals surface area (Å²) < 4.78 is 11.3. The van der Waals surface area contributed by atoms with E-state index >= 15 is 0 Å². The Bertz CT molecular complexity index is 406. The van der Waals surface area contributed by atoms with Crippen LogP contribution in [0.15, 0.2) is 18.2 Å². The molecule has 1 aliphatic rings. The lowest BCUT2D eigenvalue weighted by molar-refractivity contribution is 0.286. The van der Waals surface area contributed by atoms with Gasteiger partial charge in [0.1, 0.15) is 0 Å². The zero-order chi connectivity index (χ0) is 13.7. The second kappa shape index (κ2) is 6.80. The van der Waals surface area contributed by atoms with Crippen molar-refractivity contribution < 1.29 is 9.47 Å². The Balaban J connectivity index is 2.23. The van der Waals surface area contributed by atoms with E-state index in [4.69, 9.17) is 9.47 Å². The van der Waals surface area contributed by atoms with Crippen molar-refractivity contribution in [3.63, 3.8) is 0 Å². The maximum absolute atomic E-state index is 5.71. The third-order valence-electron chi connectivity index (χ3n) is 3.82. The molecule has 1 saturated heterocycles. The van der Waals surface area contributed by atoms with Crippen LogP contribution in [0.5, 0.6) is 11.5 Å². The third kappa shape index (κ3) is 3.41. The molecule has 19 heavy (non-hydrogen) atoms. The molecule has 2 rings (SSSR count). The van der Waals surface area contributed by atoms with Crippen LogP contribution in [0.2, 0.25) is 0 Å². The largest absolute Gasteiger partial charge is 0.490 e. The highest BCUT2D eigenvalue weighted by Gasteiger charge is 2.23. The molecule has 0 radical (unpaired) electrons. The van der Waals surface area contributed by atoms with Gasteiger partial charge in [-0.25, -0.2) is 0 Å². The second-order valence-electron chi connectivity index (χ2n) is 5.15. The van der Waals surface area contributed by atoms with E-state index in [2.05, 4.69) is 24.4 Å². The molecule has 3 heteroatoms. The first-order chi connectivity index (χ1) is 9.26. The van der Waals surface area contributed by atoms with Crippen LogP contribution in [0.3, 0.4) is 0 Å². The van der Waals surface area contributed by atoms with Crippen molar-refractivity contribution in [2.75, 3.05) is 26.3 Å². The van der Waals surface area contributed by atoms with Gasteiger partial charge in [0.05, 0.1) is 13.2 Å². The number of hydrogen-bond acceptors (Lipinski definition) is 3. The van der Waals surface area contributed by atoms with Crippen molar-refractivity contribution >= 4 is 0 Å². The summed E-state index contributed by atoms with van der Waals surface area (Å²) in [6.45, 7) is 9.86. The number of ether oxygens (including phenoxy) is 2. The monoisotopic (exact) mass is 263 g/mol. The molecule has 0 spiro atoms. The van der Waals surface area contributed by atoms with Crippen LogP contribution in [0.25, 0.3) is 0 Å². The summed E-state index contributed by atoms with van der Waals surface area (Å²) in [7, 11) is 0. The smallest absolute Gasteiger partial charge is 0.161 e. The minimum absolute atomic E-state index is 0.573. The summed E-state index contributed by atoms with van der Waals surface area (Å²) in [5.41, 5.74) is 1.35. The molecule has 0 aliphatic carbocycles. The Morgan fingerprint density at radius 3 is 2.58 bits per heavy atom. The van der Waals surface area contributed by atoms with Gasteiger partial charge in [0.2, 0.25) is 0 Å². The molecule has 2 atom stereocenters. The van der Waals surface area contributed by atoms with Crippen LogP contribution >= 0.6 is 0 Å². The number of benzene rings is 1. The first-order valence-corrected chi connectivity index (χ1v) is 7.36. The van der Waals surface area contributed by atoms with Crippen LogP contribution < -0.4 is 14.8 Å². The van der Waals surface area contributed by atoms with E-state index in [1.54, 1.807) is 0 Å². The van der Waals surface area contributed by atoms with Gasteiger partial charge in [-0.1, -0.05) is 13.0 Å². The standard InChI is InChI=1S/C16H25NO2/c1-4-18-15-7-6-13(10-16(15)19-5-2)14-11-17-9-8-12(14)3/h6-7,10,12,14,17H,4-5,8-9,11H2,1-3H3. The van der Waals surface area contributed by atoms with Crippen molar-refractivity contribution in [1.29, 1.82) is 0 Å². The van der Waals surface area contributed by atoms with E-state index in [-0.39, 0.29) is 0 Å². The van der Waals surface area contributed by atoms with E-state index in [0.29, 0.717) is 25.0 Å². The van der Waals surface area contributed by atoms with Gasteiger partial charge in [-0.2, -0.15) is 0 Å². The second-order valence-corrected chi connectivity index (χ2v) is 5.15. The molecule has 1 fully saturated rings. The van der Waals surface area contributed by atoms with Gasteiger partial charge < -0.3 is 14.8 Å². The lowest BCUT2D eigenvalue weighted by Gasteiger charge is -2.30. The van der Waals surface area contributed by atoms with E-state index in [1.807, 2.05) is 19.9 Å². The maximum atomic E-state index is 5.71. The summed E-state index contributed by atoms with van der Waals surface area (Å²) in [4.78, 5) is 0. The van der Waals surface area contributed by atoms with Gasteiger partial charge in [0, 0.05) is 6.54 Å². The predicted octanol–water partition coefficient (Wildman–Crippen LogP) is 3.20. The minimum atomic E-state index is 0.573. The highest BCUT2D eigenvalue weighted by Crippen LogP contribution is 2.35. The molecule has 106 valence electrons. The molecule has 0 bridgehead atoms. The number of hydrogen-bond donors (Lipinski definition) is 1. The topological polar surface area (TPSA) is 30.5 Å². The van der Waals surface area contributed by atoms with Crippen molar-refractivity contribution in [3.05, 3.63) is 23.8 Å². The zero-order valence-electron chi connectivity index (χ0n) is 12.2. The molecule has 1 aliphatic heterocycles. The lowest BCUT2D eigenvalue weighted by atomic mass is 9.83. The molecular formula is C16H25NO2. The third-order valence-corrected chi connectivity index (χ3v) is 3.82. The van der Waals surface area contributed by atoms with Gasteiger partial charge in [-0.05, 0) is 56.3 Å². The highest BCUT2D eigenvalue weighted by atomic mass is 16.5. The average Bonchev–Trinajstić information content (AvgIpc) is 2.42. The minimum Gasteiger partial charge on any atom is -0.490 e. The molecule has 3 nitrogen and oxygen atoms in total. The molecule has 1 heterocycles. The number of piperidine rings is 1. The lowest BCUT2D eigenvalue weighted by Crippen LogP contribution is -2.33. The maximum Gasteiger partial charge on any atom is 0.161 e. The van der Waals surface area contributed by atoms with Gasteiger partial charge >= 0.3 is 0 Å². The van der Waals surface area contributed by atoms with Crippen LogP contribution in [0, 0.1) is 5.92 Å². The Morgan fingerprint density at radius 2 is 1.89 bits per heavy atom. The van der Waals surface area contributed by atoms with Crippen molar-refractivity contribution in [1.82, 2.24) is 5.32 Å². The summed E-state index contributed by atoms with van der Waals surface area (Å²) >= 11 is 0. The number of nitrogens with one attached hydrogen (secondary N) is 1. The highest BCUT2D eigenvalue weighted by molar-refractivity contribution is 5.44. The molecule has 0 amide bonds. The van der Waals surface area contributed by atoms with Crippen LogP contribution in [0.4, 0.5) is 0 Å². The van der Waals surface area contributed by atoms with Crippen molar-refractivity contribution in [2.45, 2.75) is 33.1 Å². The first kappa shape index (κ1) is 14.2. The summed E-state index contributed by atoms with van der Waals surface area (Å²) in [5.74, 6) is 3.02. The zero-order valence-corrected chi connectivity index (χ0v) is 12.2. The number of rotatable bonds is 5. The van der Waals surface area contributed by atoms with Gasteiger partial charge in [0.25, 0.3) is 0 Å². The fourth-order valence-electron chi connectivity index (χ4n) is 2.73. The Labute approximate surface area is 116 Å². The van der Waals surface area contributed by atoms with E-state index in [9.17, 15) is 0 Å². The van der Waals surface area contributed by atoms with E-state index in [1.165, 1.54) is 12.0 Å². The quantitative estimate of drug-likeness (QED) is 0.885. The average molecular weight is 263 g/mol. The van der Waals surface area contributed by atoms with E-state index < -0.39 is 0 Å². The summed E-state index contributed by atoms with van der Waals surface area (Å²) in [5, 5.41) is 3.48. The van der Waals surface area contributed by atoms with Gasteiger partial charge in [0.15, 0.2) is 11.5 Å². The van der Waals surface area contributed by atoms with Crippen LogP contribution in [0.1, 0.15) is 38.7 Å². The normalized spacial score (nSPS) is 23.1. The van der Waals surface area contributed by atoms with Crippen molar-refractivity contribution in [2.24, 2.45) is 5.92 Å². The molecular weight excluding hydrogens is 238 g/mol. The SMILES string of the molecule is CCOc1ccc(C2CNCCC2C)cc1OCC. The van der Waals surface area contributed by atoms with E-state index in [0.717, 1.165) is 24.6 Å². The fraction of sp³-hybridized carbons (Fsp3) is 0.625. The van der Waals surface area contributed by atoms with Gasteiger partial charge in [-0.15, -0.1) is 0 Å². The molecule has 0 saturated carbocycles. The fourth-order valence-corrected chi connectivity index (χ4v) is 2.73. The Hall–Kier alpha value is -1.22. The van der Waals surface area contributed by atoms with Crippen molar-refractivity contribution in [3.8, 4) is 11.5 Å². The first-order valence-electron chi connectivity index (χ1n) is 7.36. The molecule has 1 aromatic carbocycles.